The van der Waals surface area contributed by atoms with Gasteiger partial charge in [-0.25, -0.2) is 4.98 Å². The highest BCUT2D eigenvalue weighted by molar-refractivity contribution is 5.30. The lowest BCUT2D eigenvalue weighted by atomic mass is 10.1. The molecule has 0 aromatic carbocycles. The van der Waals surface area contributed by atoms with E-state index in [9.17, 15) is 0 Å². The van der Waals surface area contributed by atoms with Crippen molar-refractivity contribution in [2.24, 2.45) is 5.92 Å². The second-order valence-electron chi connectivity index (χ2n) is 5.01. The highest BCUT2D eigenvalue weighted by atomic mass is 16.5. The molecule has 1 aliphatic rings. The zero-order valence-corrected chi connectivity index (χ0v) is 11.1. The molecule has 1 fully saturated rings. The number of aromatic nitrogens is 2. The number of aryl methyl sites for hydroxylation is 1. The van der Waals surface area contributed by atoms with Gasteiger partial charge in [-0.1, -0.05) is 13.3 Å². The Morgan fingerprint density at radius 3 is 3.00 bits per heavy atom. The standard InChI is InChI=1S/C13H23N3O/c1-10-5-4-6-12(10)16-9-11(2)15-13(16)14-7-8-17-3/h9-10,12H,4-8H2,1-3H3,(H,14,15). The lowest BCUT2D eigenvalue weighted by Gasteiger charge is -2.20. The van der Waals surface area contributed by atoms with E-state index >= 15 is 0 Å². The van der Waals surface area contributed by atoms with E-state index in [0.717, 1.165) is 24.1 Å². The summed E-state index contributed by atoms with van der Waals surface area (Å²) in [6.45, 7) is 5.92. The monoisotopic (exact) mass is 237 g/mol. The van der Waals surface area contributed by atoms with Crippen molar-refractivity contribution >= 4 is 5.95 Å². The molecule has 0 saturated heterocycles. The number of nitrogens with one attached hydrogen (secondary N) is 1. The molecule has 4 heteroatoms. The van der Waals surface area contributed by atoms with Crippen LogP contribution in [0.25, 0.3) is 0 Å². The first-order valence-electron chi connectivity index (χ1n) is 6.50. The van der Waals surface area contributed by atoms with E-state index < -0.39 is 0 Å². The van der Waals surface area contributed by atoms with Gasteiger partial charge in [0.15, 0.2) is 0 Å². The van der Waals surface area contributed by atoms with Gasteiger partial charge in [-0.05, 0) is 25.7 Å². The van der Waals surface area contributed by atoms with Crippen LogP contribution in [0.1, 0.15) is 37.9 Å². The van der Waals surface area contributed by atoms with Crippen LogP contribution in [0.5, 0.6) is 0 Å². The van der Waals surface area contributed by atoms with Gasteiger partial charge in [-0.3, -0.25) is 0 Å². The van der Waals surface area contributed by atoms with E-state index in [0.29, 0.717) is 12.6 Å². The van der Waals surface area contributed by atoms with Crippen molar-refractivity contribution in [1.29, 1.82) is 0 Å². The molecule has 0 aliphatic heterocycles. The summed E-state index contributed by atoms with van der Waals surface area (Å²) in [5.41, 5.74) is 1.09. The number of anilines is 1. The molecule has 0 amide bonds. The first kappa shape index (κ1) is 12.4. The predicted octanol–water partition coefficient (Wildman–Crippen LogP) is 2.61. The van der Waals surface area contributed by atoms with Gasteiger partial charge in [0.1, 0.15) is 0 Å². The minimum absolute atomic E-state index is 0.612. The number of hydrogen-bond donors (Lipinski definition) is 1. The molecule has 1 N–H and O–H groups in total. The van der Waals surface area contributed by atoms with Crippen molar-refractivity contribution in [3.8, 4) is 0 Å². The number of imidazole rings is 1. The van der Waals surface area contributed by atoms with E-state index in [4.69, 9.17) is 4.74 Å². The van der Waals surface area contributed by atoms with Gasteiger partial charge >= 0.3 is 0 Å². The number of methoxy groups -OCH3 is 1. The fourth-order valence-corrected chi connectivity index (χ4v) is 2.70. The second kappa shape index (κ2) is 5.54. The predicted molar refractivity (Wildman–Crippen MR) is 69.4 cm³/mol. The summed E-state index contributed by atoms with van der Waals surface area (Å²) >= 11 is 0. The normalized spacial score (nSPS) is 24.2. The molecule has 1 saturated carbocycles. The van der Waals surface area contributed by atoms with Crippen LogP contribution in [-0.4, -0.2) is 29.8 Å². The first-order chi connectivity index (χ1) is 8.22. The Hall–Kier alpha value is -1.03. The quantitative estimate of drug-likeness (QED) is 0.800. The zero-order chi connectivity index (χ0) is 12.3. The van der Waals surface area contributed by atoms with E-state index in [1.165, 1.54) is 19.3 Å². The molecule has 1 aromatic heterocycles. The van der Waals surface area contributed by atoms with Crippen molar-refractivity contribution in [2.75, 3.05) is 25.6 Å². The van der Waals surface area contributed by atoms with Crippen LogP contribution in [0.4, 0.5) is 5.95 Å². The Bertz CT molecular complexity index is 362. The van der Waals surface area contributed by atoms with Crippen molar-refractivity contribution in [1.82, 2.24) is 9.55 Å². The smallest absolute Gasteiger partial charge is 0.203 e. The average molecular weight is 237 g/mol. The molecule has 96 valence electrons. The van der Waals surface area contributed by atoms with Gasteiger partial charge in [-0.2, -0.15) is 0 Å². The molecule has 4 nitrogen and oxygen atoms in total. The molecule has 0 radical (unpaired) electrons. The summed E-state index contributed by atoms with van der Waals surface area (Å²) in [6.07, 6.45) is 6.11. The van der Waals surface area contributed by atoms with Crippen LogP contribution in [-0.2, 0) is 4.74 Å². The Balaban J connectivity index is 2.09. The molecule has 1 heterocycles. The SMILES string of the molecule is COCCNc1nc(C)cn1C1CCCC1C. The maximum Gasteiger partial charge on any atom is 0.203 e. The molecule has 1 aromatic rings. The largest absolute Gasteiger partial charge is 0.383 e. The summed E-state index contributed by atoms with van der Waals surface area (Å²) < 4.78 is 7.38. The van der Waals surface area contributed by atoms with Gasteiger partial charge in [0.25, 0.3) is 0 Å². The summed E-state index contributed by atoms with van der Waals surface area (Å²) in [7, 11) is 1.72. The fourth-order valence-electron chi connectivity index (χ4n) is 2.70. The maximum atomic E-state index is 5.06. The van der Waals surface area contributed by atoms with Crippen LogP contribution < -0.4 is 5.32 Å². The highest BCUT2D eigenvalue weighted by Crippen LogP contribution is 2.37. The number of nitrogens with zero attached hydrogens (tertiary/aromatic N) is 2. The zero-order valence-electron chi connectivity index (χ0n) is 11.1. The van der Waals surface area contributed by atoms with E-state index in [-0.39, 0.29) is 0 Å². The topological polar surface area (TPSA) is 39.1 Å². The van der Waals surface area contributed by atoms with Crippen molar-refractivity contribution in [3.05, 3.63) is 11.9 Å². The van der Waals surface area contributed by atoms with Crippen LogP contribution in [0, 0.1) is 12.8 Å². The van der Waals surface area contributed by atoms with Crippen LogP contribution in [0.3, 0.4) is 0 Å². The number of rotatable bonds is 5. The molecule has 17 heavy (non-hydrogen) atoms. The van der Waals surface area contributed by atoms with Crippen molar-refractivity contribution < 1.29 is 4.74 Å². The molecule has 0 spiro atoms. The maximum absolute atomic E-state index is 5.06. The number of hydrogen-bond acceptors (Lipinski definition) is 3. The lowest BCUT2D eigenvalue weighted by Crippen LogP contribution is -2.17. The molecule has 1 aliphatic carbocycles. The summed E-state index contributed by atoms with van der Waals surface area (Å²) in [5, 5.41) is 3.36. The van der Waals surface area contributed by atoms with E-state index in [2.05, 4.69) is 34.9 Å². The minimum atomic E-state index is 0.612. The second-order valence-corrected chi connectivity index (χ2v) is 5.01. The Labute approximate surface area is 103 Å². The third-order valence-electron chi connectivity index (χ3n) is 3.62. The average Bonchev–Trinajstić information content (AvgIpc) is 2.85. The third kappa shape index (κ3) is 2.80. The molecule has 2 unspecified atom stereocenters. The van der Waals surface area contributed by atoms with Gasteiger partial charge in [0.2, 0.25) is 5.95 Å². The third-order valence-corrected chi connectivity index (χ3v) is 3.62. The summed E-state index contributed by atoms with van der Waals surface area (Å²) in [4.78, 5) is 4.56. The van der Waals surface area contributed by atoms with Gasteiger partial charge < -0.3 is 14.6 Å². The van der Waals surface area contributed by atoms with Gasteiger partial charge in [0.05, 0.1) is 12.3 Å². The lowest BCUT2D eigenvalue weighted by molar-refractivity contribution is 0.210. The minimum Gasteiger partial charge on any atom is -0.383 e. The Morgan fingerprint density at radius 2 is 2.35 bits per heavy atom. The first-order valence-corrected chi connectivity index (χ1v) is 6.50. The number of ether oxygens (including phenoxy) is 1. The van der Waals surface area contributed by atoms with Crippen LogP contribution in [0.2, 0.25) is 0 Å². The molecule has 2 atom stereocenters. The van der Waals surface area contributed by atoms with E-state index in [1.54, 1.807) is 7.11 Å². The summed E-state index contributed by atoms with van der Waals surface area (Å²) in [6, 6.07) is 0.612. The van der Waals surface area contributed by atoms with Gasteiger partial charge in [-0.15, -0.1) is 0 Å². The highest BCUT2D eigenvalue weighted by Gasteiger charge is 2.26. The van der Waals surface area contributed by atoms with E-state index in [1.807, 2.05) is 0 Å². The molecular weight excluding hydrogens is 214 g/mol. The van der Waals surface area contributed by atoms with Crippen LogP contribution in [0.15, 0.2) is 6.20 Å². The van der Waals surface area contributed by atoms with Gasteiger partial charge in [0, 0.05) is 25.9 Å². The summed E-state index contributed by atoms with van der Waals surface area (Å²) in [5.74, 6) is 1.75. The fraction of sp³-hybridized carbons (Fsp3) is 0.769. The Kier molecular flexibility index (Phi) is 4.05. The van der Waals surface area contributed by atoms with Crippen LogP contribution >= 0.6 is 0 Å². The molecular formula is C13H23N3O. The Morgan fingerprint density at radius 1 is 1.53 bits per heavy atom. The molecule has 2 rings (SSSR count). The van der Waals surface area contributed by atoms with Crippen molar-refractivity contribution in [2.45, 2.75) is 39.2 Å². The molecule has 0 bridgehead atoms. The van der Waals surface area contributed by atoms with Crippen molar-refractivity contribution in [3.63, 3.8) is 0 Å².